The van der Waals surface area contributed by atoms with Crippen LogP contribution in [0, 0.1) is 0 Å². The summed E-state index contributed by atoms with van der Waals surface area (Å²) in [5, 5.41) is 8.78. The van der Waals surface area contributed by atoms with Crippen LogP contribution in [0.5, 0.6) is 0 Å². The van der Waals surface area contributed by atoms with Gasteiger partial charge in [0, 0.05) is 31.3 Å². The van der Waals surface area contributed by atoms with Crippen LogP contribution >= 0.6 is 0 Å². The number of aliphatic hydroxyl groups excluding tert-OH is 1. The Hall–Kier alpha value is -0.800. The highest BCUT2D eigenvalue weighted by molar-refractivity contribution is 5.04. The van der Waals surface area contributed by atoms with Gasteiger partial charge in [0.25, 0.3) is 0 Å². The monoisotopic (exact) mass is 197 g/mol. The van der Waals surface area contributed by atoms with E-state index in [1.54, 1.807) is 12.5 Å². The molecule has 0 aliphatic rings. The van der Waals surface area contributed by atoms with Gasteiger partial charge in [-0.15, -0.1) is 0 Å². The lowest BCUT2D eigenvalue weighted by molar-refractivity contribution is 0.184. The van der Waals surface area contributed by atoms with Crippen molar-refractivity contribution in [1.29, 1.82) is 0 Å². The molecule has 0 aliphatic carbocycles. The maximum Gasteiger partial charge on any atom is 0.0947 e. The van der Waals surface area contributed by atoms with E-state index in [9.17, 15) is 0 Å². The molecule has 0 fully saturated rings. The molecule has 3 heteroatoms. The summed E-state index contributed by atoms with van der Waals surface area (Å²) in [4.78, 5) is 2.32. The summed E-state index contributed by atoms with van der Waals surface area (Å²) in [7, 11) is 0. The first-order chi connectivity index (χ1) is 6.74. The lowest BCUT2D eigenvalue weighted by Gasteiger charge is -2.25. The highest BCUT2D eigenvalue weighted by Crippen LogP contribution is 2.09. The largest absolute Gasteiger partial charge is 0.472 e. The molecule has 0 spiro atoms. The maximum absolute atomic E-state index is 8.78. The highest BCUT2D eigenvalue weighted by Gasteiger charge is 2.09. The Morgan fingerprint density at radius 3 is 2.79 bits per heavy atom. The summed E-state index contributed by atoms with van der Waals surface area (Å²) < 4.78 is 5.02. The first-order valence-corrected chi connectivity index (χ1v) is 5.10. The van der Waals surface area contributed by atoms with Crippen LogP contribution in [0.15, 0.2) is 23.0 Å². The van der Waals surface area contributed by atoms with Crippen molar-refractivity contribution in [2.75, 3.05) is 13.2 Å². The van der Waals surface area contributed by atoms with Crippen LogP contribution in [0.1, 0.15) is 25.8 Å². The van der Waals surface area contributed by atoms with Crippen LogP contribution in [0.2, 0.25) is 0 Å². The number of aliphatic hydroxyl groups is 1. The van der Waals surface area contributed by atoms with E-state index in [2.05, 4.69) is 18.7 Å². The van der Waals surface area contributed by atoms with Crippen molar-refractivity contribution in [3.63, 3.8) is 0 Å². The number of nitrogens with zero attached hydrogens (tertiary/aromatic N) is 1. The molecule has 0 bridgehead atoms. The van der Waals surface area contributed by atoms with Gasteiger partial charge in [0.1, 0.15) is 0 Å². The molecule has 1 heterocycles. The number of hydrogen-bond donors (Lipinski definition) is 1. The van der Waals surface area contributed by atoms with Crippen LogP contribution in [-0.4, -0.2) is 29.2 Å². The molecule has 0 aromatic carbocycles. The Kier molecular flexibility index (Phi) is 4.70. The van der Waals surface area contributed by atoms with Crippen LogP contribution < -0.4 is 0 Å². The quantitative estimate of drug-likeness (QED) is 0.756. The molecule has 1 aromatic heterocycles. The third-order valence-corrected chi connectivity index (χ3v) is 2.30. The van der Waals surface area contributed by atoms with Gasteiger partial charge in [-0.3, -0.25) is 4.90 Å². The minimum atomic E-state index is 0.259. The lowest BCUT2D eigenvalue weighted by atomic mass is 10.2. The fraction of sp³-hybridized carbons (Fsp3) is 0.636. The Morgan fingerprint density at radius 2 is 2.29 bits per heavy atom. The minimum absolute atomic E-state index is 0.259. The fourth-order valence-electron chi connectivity index (χ4n) is 1.41. The minimum Gasteiger partial charge on any atom is -0.472 e. The van der Waals surface area contributed by atoms with Crippen molar-refractivity contribution in [2.24, 2.45) is 0 Å². The normalized spacial score (nSPS) is 11.5. The summed E-state index contributed by atoms with van der Waals surface area (Å²) in [6, 6.07) is 2.48. The van der Waals surface area contributed by atoms with Gasteiger partial charge < -0.3 is 9.52 Å². The molecule has 1 N–H and O–H groups in total. The van der Waals surface area contributed by atoms with E-state index in [1.165, 1.54) is 5.56 Å². The van der Waals surface area contributed by atoms with Gasteiger partial charge in [-0.1, -0.05) is 0 Å². The summed E-state index contributed by atoms with van der Waals surface area (Å²) in [6.07, 6.45) is 4.30. The van der Waals surface area contributed by atoms with Crippen molar-refractivity contribution in [3.8, 4) is 0 Å². The molecular weight excluding hydrogens is 178 g/mol. The van der Waals surface area contributed by atoms with Gasteiger partial charge in [-0.05, 0) is 26.3 Å². The summed E-state index contributed by atoms with van der Waals surface area (Å²) in [5.74, 6) is 0. The van der Waals surface area contributed by atoms with Crippen molar-refractivity contribution < 1.29 is 9.52 Å². The zero-order valence-corrected chi connectivity index (χ0v) is 8.94. The molecule has 80 valence electrons. The zero-order valence-electron chi connectivity index (χ0n) is 8.94. The topological polar surface area (TPSA) is 36.6 Å². The van der Waals surface area contributed by atoms with Gasteiger partial charge >= 0.3 is 0 Å². The molecule has 0 aliphatic heterocycles. The smallest absolute Gasteiger partial charge is 0.0947 e. The van der Waals surface area contributed by atoms with Gasteiger partial charge in [-0.25, -0.2) is 0 Å². The fourth-order valence-corrected chi connectivity index (χ4v) is 1.41. The van der Waals surface area contributed by atoms with Crippen molar-refractivity contribution in [3.05, 3.63) is 24.2 Å². The number of rotatable bonds is 6. The predicted molar refractivity (Wildman–Crippen MR) is 56.0 cm³/mol. The van der Waals surface area contributed by atoms with E-state index in [-0.39, 0.29) is 6.61 Å². The molecule has 0 radical (unpaired) electrons. The highest BCUT2D eigenvalue weighted by atomic mass is 16.3. The molecule has 1 aromatic rings. The molecule has 0 amide bonds. The standard InChI is InChI=1S/C11H19NO2/c1-10(2)12(5-3-6-13)8-11-4-7-14-9-11/h4,7,9-10,13H,3,5-6,8H2,1-2H3. The third kappa shape index (κ3) is 3.52. The van der Waals surface area contributed by atoms with E-state index in [0.29, 0.717) is 6.04 Å². The van der Waals surface area contributed by atoms with E-state index >= 15 is 0 Å². The zero-order chi connectivity index (χ0) is 10.4. The van der Waals surface area contributed by atoms with Crippen LogP contribution in [0.4, 0.5) is 0 Å². The first-order valence-electron chi connectivity index (χ1n) is 5.10. The molecule has 0 saturated heterocycles. The van der Waals surface area contributed by atoms with Crippen molar-refractivity contribution >= 4 is 0 Å². The Labute approximate surface area is 85.3 Å². The number of furan rings is 1. The Balaban J connectivity index is 2.43. The Morgan fingerprint density at radius 1 is 1.50 bits per heavy atom. The average Bonchev–Trinajstić information content (AvgIpc) is 2.64. The molecule has 0 saturated carbocycles. The SMILES string of the molecule is CC(C)N(CCCO)Cc1ccoc1. The van der Waals surface area contributed by atoms with E-state index < -0.39 is 0 Å². The van der Waals surface area contributed by atoms with Gasteiger partial charge in [0.05, 0.1) is 12.5 Å². The van der Waals surface area contributed by atoms with Crippen LogP contribution in [0.25, 0.3) is 0 Å². The molecule has 0 unspecified atom stereocenters. The molecular formula is C11H19NO2. The second kappa shape index (κ2) is 5.83. The Bertz CT molecular complexity index is 231. The van der Waals surface area contributed by atoms with Crippen LogP contribution in [0.3, 0.4) is 0 Å². The first kappa shape index (κ1) is 11.3. The maximum atomic E-state index is 8.78. The van der Waals surface area contributed by atoms with Gasteiger partial charge in [0.2, 0.25) is 0 Å². The second-order valence-electron chi connectivity index (χ2n) is 3.77. The van der Waals surface area contributed by atoms with E-state index in [4.69, 9.17) is 9.52 Å². The number of hydrogen-bond acceptors (Lipinski definition) is 3. The summed E-state index contributed by atoms with van der Waals surface area (Å²) in [5.41, 5.74) is 1.19. The predicted octanol–water partition coefficient (Wildman–Crippen LogP) is 1.87. The van der Waals surface area contributed by atoms with Crippen LogP contribution in [-0.2, 0) is 6.54 Å². The van der Waals surface area contributed by atoms with E-state index in [1.807, 2.05) is 6.07 Å². The third-order valence-electron chi connectivity index (χ3n) is 2.30. The second-order valence-corrected chi connectivity index (χ2v) is 3.77. The van der Waals surface area contributed by atoms with Gasteiger partial charge in [-0.2, -0.15) is 0 Å². The molecule has 0 atom stereocenters. The molecule has 3 nitrogen and oxygen atoms in total. The average molecular weight is 197 g/mol. The lowest BCUT2D eigenvalue weighted by Crippen LogP contribution is -2.31. The van der Waals surface area contributed by atoms with E-state index in [0.717, 1.165) is 19.5 Å². The van der Waals surface area contributed by atoms with Crippen molar-refractivity contribution in [2.45, 2.75) is 32.9 Å². The summed E-state index contributed by atoms with van der Waals surface area (Å²) >= 11 is 0. The summed E-state index contributed by atoms with van der Waals surface area (Å²) in [6.45, 7) is 6.41. The molecule has 14 heavy (non-hydrogen) atoms. The van der Waals surface area contributed by atoms with Crippen molar-refractivity contribution in [1.82, 2.24) is 4.90 Å². The van der Waals surface area contributed by atoms with Gasteiger partial charge in [0.15, 0.2) is 0 Å². The molecule has 1 rings (SSSR count).